The van der Waals surface area contributed by atoms with E-state index in [4.69, 9.17) is 9.72 Å². The molecule has 9 heteroatoms. The maximum Gasteiger partial charge on any atom is 0.253 e. The van der Waals surface area contributed by atoms with Crippen LogP contribution in [-0.4, -0.2) is 52.0 Å². The molecule has 2 N–H and O–H groups in total. The molecule has 1 fully saturated rings. The highest BCUT2D eigenvalue weighted by molar-refractivity contribution is 6.08. The molecule has 9 nitrogen and oxygen atoms in total. The second-order valence-electron chi connectivity index (χ2n) is 11.7. The van der Waals surface area contributed by atoms with Crippen molar-refractivity contribution >= 4 is 33.4 Å². The van der Waals surface area contributed by atoms with Gasteiger partial charge < -0.3 is 19.9 Å². The fraction of sp³-hybridized carbons (Fsp3) is 0.353. The minimum atomic E-state index is -0.254. The third-order valence-corrected chi connectivity index (χ3v) is 8.54. The van der Waals surface area contributed by atoms with Crippen LogP contribution in [-0.2, 0) is 11.3 Å². The van der Waals surface area contributed by atoms with E-state index in [2.05, 4.69) is 64.5 Å². The van der Waals surface area contributed by atoms with Gasteiger partial charge >= 0.3 is 0 Å². The minimum Gasteiger partial charge on any atom is -0.381 e. The maximum atomic E-state index is 13.7. The van der Waals surface area contributed by atoms with Gasteiger partial charge in [-0.05, 0) is 87.6 Å². The summed E-state index contributed by atoms with van der Waals surface area (Å²) < 4.78 is 7.50. The number of carbonyl (C=O) groups is 1. The standard InChI is InChI=1S/C34H38N6O3/c1-20(2)40-32-17-24(15-27(29(32)19-37-40)33(41)36-18-28-21(3)14-22(4)38-34(28)42)23-6-7-26-30(16-23)35-11-8-31(26)39-12-9-25(43-5)10-13-39/h6-8,11,14-17,19-20,25H,9-10,12-13,18H2,1-5H3,(H,36,41)(H,38,42). The number of ether oxygens (including phenoxy) is 1. The largest absolute Gasteiger partial charge is 0.381 e. The van der Waals surface area contributed by atoms with Crippen LogP contribution in [0.1, 0.15) is 59.9 Å². The molecule has 0 radical (unpaired) electrons. The first kappa shape index (κ1) is 28.6. The Hall–Kier alpha value is -4.50. The highest BCUT2D eigenvalue weighted by atomic mass is 16.5. The third-order valence-electron chi connectivity index (χ3n) is 8.54. The number of methoxy groups -OCH3 is 1. The SMILES string of the molecule is COC1CCN(c2ccnc3cc(-c4cc(C(=O)NCc5c(C)cc(C)[nH]c5=O)c5cnn(C(C)C)c5c4)ccc23)CC1. The van der Waals surface area contributed by atoms with Gasteiger partial charge in [0.2, 0.25) is 0 Å². The number of carbonyl (C=O) groups excluding carboxylic acids is 1. The summed E-state index contributed by atoms with van der Waals surface area (Å²) in [6.07, 6.45) is 5.95. The lowest BCUT2D eigenvalue weighted by Gasteiger charge is -2.33. The highest BCUT2D eigenvalue weighted by Crippen LogP contribution is 2.34. The zero-order valence-corrected chi connectivity index (χ0v) is 25.4. The zero-order chi connectivity index (χ0) is 30.2. The number of anilines is 1. The van der Waals surface area contributed by atoms with E-state index in [-0.39, 0.29) is 24.1 Å². The number of rotatable bonds is 7. The molecule has 222 valence electrons. The van der Waals surface area contributed by atoms with Gasteiger partial charge in [0, 0.05) is 66.7 Å². The van der Waals surface area contributed by atoms with E-state index in [0.29, 0.717) is 17.2 Å². The normalized spacial score (nSPS) is 14.2. The first-order chi connectivity index (χ1) is 20.7. The Bertz CT molecular complexity index is 1880. The number of nitrogens with zero attached hydrogens (tertiary/aromatic N) is 4. The number of aromatic amines is 1. The van der Waals surface area contributed by atoms with Gasteiger partial charge in [0.15, 0.2) is 0 Å². The molecule has 0 aliphatic carbocycles. The van der Waals surface area contributed by atoms with Crippen LogP contribution in [0.3, 0.4) is 0 Å². The quantitative estimate of drug-likeness (QED) is 0.257. The van der Waals surface area contributed by atoms with Gasteiger partial charge in [0.25, 0.3) is 11.5 Å². The molecule has 0 atom stereocenters. The molecule has 1 aliphatic rings. The Morgan fingerprint density at radius 1 is 1.07 bits per heavy atom. The number of hydrogen-bond acceptors (Lipinski definition) is 6. The first-order valence-electron chi connectivity index (χ1n) is 14.9. The molecule has 43 heavy (non-hydrogen) atoms. The number of hydrogen-bond donors (Lipinski definition) is 2. The van der Waals surface area contributed by atoms with Crippen molar-refractivity contribution < 1.29 is 9.53 Å². The Balaban J connectivity index is 1.37. The Morgan fingerprint density at radius 2 is 1.86 bits per heavy atom. The van der Waals surface area contributed by atoms with Crippen molar-refractivity contribution in [2.45, 2.75) is 59.2 Å². The average molecular weight is 579 g/mol. The number of H-pyrrole nitrogens is 1. The minimum absolute atomic E-state index is 0.112. The van der Waals surface area contributed by atoms with Gasteiger partial charge in [-0.1, -0.05) is 12.1 Å². The summed E-state index contributed by atoms with van der Waals surface area (Å²) in [5.74, 6) is -0.254. The number of pyridine rings is 2. The predicted octanol–water partition coefficient (Wildman–Crippen LogP) is 5.68. The van der Waals surface area contributed by atoms with Crippen molar-refractivity contribution in [2.75, 3.05) is 25.1 Å². The maximum absolute atomic E-state index is 13.7. The molecule has 4 heterocycles. The third kappa shape index (κ3) is 5.52. The molecule has 1 aliphatic heterocycles. The monoisotopic (exact) mass is 578 g/mol. The number of aromatic nitrogens is 4. The fourth-order valence-corrected chi connectivity index (χ4v) is 6.20. The fourth-order valence-electron chi connectivity index (χ4n) is 6.20. The summed E-state index contributed by atoms with van der Waals surface area (Å²) in [6.45, 7) is 9.90. The molecule has 5 aromatic rings. The van der Waals surface area contributed by atoms with Gasteiger partial charge in [-0.25, -0.2) is 0 Å². The summed E-state index contributed by atoms with van der Waals surface area (Å²) in [6, 6.07) is 14.4. The number of fused-ring (bicyclic) bond motifs is 2. The number of nitrogens with one attached hydrogen (secondary N) is 2. The Kier molecular flexibility index (Phi) is 7.75. The van der Waals surface area contributed by atoms with Crippen molar-refractivity contribution in [2.24, 2.45) is 0 Å². The van der Waals surface area contributed by atoms with Crippen molar-refractivity contribution in [1.82, 2.24) is 25.1 Å². The highest BCUT2D eigenvalue weighted by Gasteiger charge is 2.22. The van der Waals surface area contributed by atoms with Crippen molar-refractivity contribution in [3.63, 3.8) is 0 Å². The van der Waals surface area contributed by atoms with E-state index < -0.39 is 0 Å². The Morgan fingerprint density at radius 3 is 2.58 bits per heavy atom. The van der Waals surface area contributed by atoms with E-state index in [0.717, 1.165) is 70.1 Å². The number of piperidine rings is 1. The Labute approximate surface area is 250 Å². The van der Waals surface area contributed by atoms with Gasteiger partial charge in [-0.15, -0.1) is 0 Å². The lowest BCUT2D eigenvalue weighted by atomic mass is 9.97. The van der Waals surface area contributed by atoms with Crippen LogP contribution in [0.15, 0.2) is 59.7 Å². The molecule has 0 saturated carbocycles. The van der Waals surface area contributed by atoms with E-state index in [1.54, 1.807) is 13.3 Å². The smallest absolute Gasteiger partial charge is 0.253 e. The topological polar surface area (TPSA) is 105 Å². The number of benzene rings is 2. The average Bonchev–Trinajstić information content (AvgIpc) is 3.44. The molecular weight excluding hydrogens is 540 g/mol. The molecule has 0 unspecified atom stereocenters. The van der Waals surface area contributed by atoms with Crippen LogP contribution >= 0.6 is 0 Å². The van der Waals surface area contributed by atoms with E-state index >= 15 is 0 Å². The lowest BCUT2D eigenvalue weighted by molar-refractivity contribution is 0.0819. The van der Waals surface area contributed by atoms with Crippen LogP contribution in [0.25, 0.3) is 32.9 Å². The number of aryl methyl sites for hydroxylation is 2. The molecule has 3 aromatic heterocycles. The van der Waals surface area contributed by atoms with Crippen LogP contribution in [0.4, 0.5) is 5.69 Å². The summed E-state index contributed by atoms with van der Waals surface area (Å²) in [5, 5.41) is 9.46. The van der Waals surface area contributed by atoms with E-state index in [1.165, 1.54) is 5.69 Å². The van der Waals surface area contributed by atoms with Crippen LogP contribution < -0.4 is 15.8 Å². The van der Waals surface area contributed by atoms with E-state index in [9.17, 15) is 9.59 Å². The lowest BCUT2D eigenvalue weighted by Crippen LogP contribution is -2.36. The van der Waals surface area contributed by atoms with Crippen molar-refractivity contribution in [1.29, 1.82) is 0 Å². The zero-order valence-electron chi connectivity index (χ0n) is 25.4. The molecule has 1 amide bonds. The molecule has 1 saturated heterocycles. The predicted molar refractivity (Wildman–Crippen MR) is 171 cm³/mol. The van der Waals surface area contributed by atoms with Crippen LogP contribution in [0.2, 0.25) is 0 Å². The summed E-state index contributed by atoms with van der Waals surface area (Å²) in [4.78, 5) is 36.2. The van der Waals surface area contributed by atoms with Crippen molar-refractivity contribution in [3.05, 3.63) is 87.6 Å². The van der Waals surface area contributed by atoms with Gasteiger partial charge in [-0.2, -0.15) is 5.10 Å². The molecule has 6 rings (SSSR count). The van der Waals surface area contributed by atoms with E-state index in [1.807, 2.05) is 36.9 Å². The van der Waals surface area contributed by atoms with Crippen LogP contribution in [0, 0.1) is 13.8 Å². The molecule has 2 aromatic carbocycles. The summed E-state index contributed by atoms with van der Waals surface area (Å²) in [5.41, 5.74) is 7.35. The van der Waals surface area contributed by atoms with Gasteiger partial charge in [0.05, 0.1) is 28.9 Å². The second-order valence-corrected chi connectivity index (χ2v) is 11.7. The summed E-state index contributed by atoms with van der Waals surface area (Å²) in [7, 11) is 1.79. The van der Waals surface area contributed by atoms with Crippen LogP contribution in [0.5, 0.6) is 0 Å². The molecular formula is C34H38N6O3. The van der Waals surface area contributed by atoms with Gasteiger partial charge in [-0.3, -0.25) is 19.3 Å². The van der Waals surface area contributed by atoms with Crippen molar-refractivity contribution in [3.8, 4) is 11.1 Å². The summed E-state index contributed by atoms with van der Waals surface area (Å²) >= 11 is 0. The van der Waals surface area contributed by atoms with Gasteiger partial charge in [0.1, 0.15) is 0 Å². The molecule has 0 spiro atoms. The number of amides is 1. The molecule has 0 bridgehead atoms. The second kappa shape index (κ2) is 11.6. The first-order valence-corrected chi connectivity index (χ1v) is 14.9.